The van der Waals surface area contributed by atoms with Crippen LogP contribution in [0.2, 0.25) is 10.0 Å². The van der Waals surface area contributed by atoms with Crippen LogP contribution in [0.3, 0.4) is 0 Å². The van der Waals surface area contributed by atoms with Gasteiger partial charge in [0.1, 0.15) is 11.8 Å². The molecular formula is C52H70Cl2N6O18. The van der Waals surface area contributed by atoms with Crippen molar-refractivity contribution in [2.75, 3.05) is 132 Å². The average Bonchev–Trinajstić information content (AvgIpc) is 3.77. The van der Waals surface area contributed by atoms with Crippen LogP contribution in [0.15, 0.2) is 58.1 Å². The molecule has 1 aromatic heterocycles. The Morgan fingerprint density at radius 2 is 1.06 bits per heavy atom. The molecule has 0 saturated carbocycles. The fourth-order valence-corrected chi connectivity index (χ4v) is 7.84. The second-order valence-corrected chi connectivity index (χ2v) is 18.0. The van der Waals surface area contributed by atoms with Crippen LogP contribution in [-0.2, 0) is 82.4 Å². The molecular weight excluding hydrogens is 1070 g/mol. The number of benzene rings is 2. The van der Waals surface area contributed by atoms with E-state index in [1.54, 1.807) is 38.2 Å². The van der Waals surface area contributed by atoms with E-state index in [9.17, 15) is 43.5 Å². The fraction of sp³-hybridized carbons (Fsp3) is 0.538. The van der Waals surface area contributed by atoms with Crippen LogP contribution in [-0.4, -0.2) is 193 Å². The number of carbonyl (C=O) groups is 6. The molecule has 24 nitrogen and oxygen atoms in total. The molecule has 4 N–H and O–H groups in total. The van der Waals surface area contributed by atoms with Crippen LogP contribution >= 0.6 is 23.2 Å². The third-order valence-electron chi connectivity index (χ3n) is 11.5. The van der Waals surface area contributed by atoms with Crippen molar-refractivity contribution in [3.8, 4) is 16.9 Å². The molecule has 0 fully saturated rings. The smallest absolute Gasteiger partial charge is 0.330 e. The Kier molecular flexibility index (Phi) is 29.9. The number of aliphatic carboxylic acids is 1. The first kappa shape index (κ1) is 64.5. The first-order valence-corrected chi connectivity index (χ1v) is 26.0. The van der Waals surface area contributed by atoms with Crippen LogP contribution in [0.5, 0.6) is 5.75 Å². The summed E-state index contributed by atoms with van der Waals surface area (Å²) in [7, 11) is 2.96. The highest BCUT2D eigenvalue weighted by Crippen LogP contribution is 2.31. The van der Waals surface area contributed by atoms with E-state index >= 15 is 0 Å². The van der Waals surface area contributed by atoms with Gasteiger partial charge in [0.05, 0.1) is 133 Å². The molecule has 0 bridgehead atoms. The number of rotatable bonds is 41. The first-order chi connectivity index (χ1) is 37.6. The topological polar surface area (TPSA) is 289 Å². The van der Waals surface area contributed by atoms with E-state index in [2.05, 4.69) is 16.0 Å². The lowest BCUT2D eigenvalue weighted by Crippen LogP contribution is -2.42. The number of imide groups is 1. The molecule has 1 aliphatic heterocycles. The van der Waals surface area contributed by atoms with Gasteiger partial charge in [-0.2, -0.15) is 0 Å². The molecule has 0 aliphatic carbocycles. The number of aromatic nitrogens is 2. The number of carboxylic acids is 1. The average molecular weight is 1140 g/mol. The van der Waals surface area contributed by atoms with Gasteiger partial charge in [-0.25, -0.2) is 9.59 Å². The molecule has 2 aromatic carbocycles. The first-order valence-electron chi connectivity index (χ1n) is 25.3. The molecule has 0 unspecified atom stereocenters. The van der Waals surface area contributed by atoms with Crippen molar-refractivity contribution in [1.82, 2.24) is 30.0 Å². The summed E-state index contributed by atoms with van der Waals surface area (Å²) in [6.45, 7) is 8.49. The van der Waals surface area contributed by atoms with Gasteiger partial charge in [-0.1, -0.05) is 47.5 Å². The lowest BCUT2D eigenvalue weighted by Gasteiger charge is -2.17. The van der Waals surface area contributed by atoms with Gasteiger partial charge < -0.3 is 68.3 Å². The molecule has 0 saturated heterocycles. The maximum atomic E-state index is 13.2. The second-order valence-electron chi connectivity index (χ2n) is 17.2. The zero-order valence-corrected chi connectivity index (χ0v) is 45.7. The number of carbonyl (C=O) groups excluding carboxylic acids is 5. The Bertz CT molecular complexity index is 2530. The molecule has 26 heteroatoms. The minimum atomic E-state index is -1.35. The van der Waals surface area contributed by atoms with E-state index in [1.165, 1.54) is 35.9 Å². The fourth-order valence-electron chi connectivity index (χ4n) is 7.20. The van der Waals surface area contributed by atoms with Gasteiger partial charge in [-0.05, 0) is 36.6 Å². The summed E-state index contributed by atoms with van der Waals surface area (Å²) >= 11 is 12.8. The quantitative estimate of drug-likeness (QED) is 0.0464. The van der Waals surface area contributed by atoms with Gasteiger partial charge in [-0.3, -0.25) is 38.2 Å². The van der Waals surface area contributed by atoms with Gasteiger partial charge in [0, 0.05) is 70.8 Å². The maximum Gasteiger partial charge on any atom is 0.330 e. The van der Waals surface area contributed by atoms with E-state index in [1.807, 2.05) is 0 Å². The number of halogens is 2. The summed E-state index contributed by atoms with van der Waals surface area (Å²) in [5.74, 6) is -3.12. The third kappa shape index (κ3) is 23.1. The Balaban J connectivity index is 0.901. The van der Waals surface area contributed by atoms with Gasteiger partial charge in [0.2, 0.25) is 11.8 Å². The predicted octanol–water partition coefficient (Wildman–Crippen LogP) is 1.63. The van der Waals surface area contributed by atoms with Crippen LogP contribution in [0.25, 0.3) is 11.1 Å². The second kappa shape index (κ2) is 36.2. The molecule has 78 heavy (non-hydrogen) atoms. The highest BCUT2D eigenvalue weighted by Gasteiger charge is 2.26. The standard InChI is InChI=1S/C52H70Cl2N6O18/c1-36-47(50(66)59(3)52(69)58(36)2)38-7-5-37(6-8-38)33-42(51(67)68)57-49(65)48-40(53)34-39(35-41(48)54)78-16-4-13-55-44(62)12-17-70-19-21-72-23-25-74-27-29-76-31-32-77-30-28-75-26-24-73-22-20-71-18-14-56-43(61)11-15-60-45(63)9-10-46(60)64/h5-10,34-35,42H,4,11-33H2,1-3H3,(H,55,62)(H,56,61)(H,57,65)(H,67,68)/t42-/m0/s1. The van der Waals surface area contributed by atoms with E-state index in [4.69, 9.17) is 65.8 Å². The van der Waals surface area contributed by atoms with Crippen molar-refractivity contribution >= 4 is 58.7 Å². The Morgan fingerprint density at radius 1 is 0.603 bits per heavy atom. The molecule has 0 spiro atoms. The van der Waals surface area contributed by atoms with Crippen molar-refractivity contribution in [3.05, 3.63) is 96.3 Å². The lowest BCUT2D eigenvalue weighted by atomic mass is 10.00. The SMILES string of the molecule is Cc1c(-c2ccc(C[C@H](NC(=O)c3c(Cl)cc(OCCCNC(=O)CCOCCOCCOCCOCCOCCOCCOCCOCCNC(=O)CCN4C(=O)C=CC4=O)cc3Cl)C(=O)O)cc2)c(=O)n(C)c(=O)n1C. The van der Waals surface area contributed by atoms with Crippen molar-refractivity contribution in [3.63, 3.8) is 0 Å². The number of amides is 5. The zero-order chi connectivity index (χ0) is 56.7. The number of hydrogen-bond donors (Lipinski definition) is 4. The number of nitrogens with zero attached hydrogens (tertiary/aromatic N) is 3. The number of hydrogen-bond acceptors (Lipinski definition) is 17. The summed E-state index contributed by atoms with van der Waals surface area (Å²) in [6, 6.07) is 8.01. The summed E-state index contributed by atoms with van der Waals surface area (Å²) in [5.41, 5.74) is 0.880. The summed E-state index contributed by atoms with van der Waals surface area (Å²) in [6.07, 6.45) is 2.91. The van der Waals surface area contributed by atoms with E-state index in [-0.39, 0.29) is 72.2 Å². The minimum absolute atomic E-state index is 0.0308. The number of ether oxygens (including phenoxy) is 9. The van der Waals surface area contributed by atoms with Crippen LogP contribution in [0, 0.1) is 6.92 Å². The highest BCUT2D eigenvalue weighted by molar-refractivity contribution is 6.40. The number of nitrogens with one attached hydrogen (secondary N) is 3. The van der Waals surface area contributed by atoms with Crippen molar-refractivity contribution in [2.45, 2.75) is 38.6 Å². The number of carboxylic acid groups (broad SMARTS) is 1. The predicted molar refractivity (Wildman–Crippen MR) is 284 cm³/mol. The summed E-state index contributed by atoms with van der Waals surface area (Å²) in [5, 5.41) is 17.8. The summed E-state index contributed by atoms with van der Waals surface area (Å²) in [4.78, 5) is 98.7. The van der Waals surface area contributed by atoms with Crippen molar-refractivity contribution in [1.29, 1.82) is 0 Å². The van der Waals surface area contributed by atoms with E-state index < -0.39 is 41.0 Å². The van der Waals surface area contributed by atoms with Gasteiger partial charge >= 0.3 is 11.7 Å². The lowest BCUT2D eigenvalue weighted by molar-refractivity contribution is -0.139. The van der Waals surface area contributed by atoms with Crippen LogP contribution in [0.1, 0.15) is 40.9 Å². The van der Waals surface area contributed by atoms with Gasteiger partial charge in [-0.15, -0.1) is 0 Å². The molecule has 4 rings (SSSR count). The van der Waals surface area contributed by atoms with E-state index in [0.29, 0.717) is 141 Å². The molecule has 3 aromatic rings. The molecule has 430 valence electrons. The molecule has 1 atom stereocenters. The third-order valence-corrected chi connectivity index (χ3v) is 12.1. The van der Waals surface area contributed by atoms with Crippen molar-refractivity contribution in [2.24, 2.45) is 14.1 Å². The molecule has 1 aliphatic rings. The van der Waals surface area contributed by atoms with E-state index in [0.717, 1.165) is 9.47 Å². The zero-order valence-electron chi connectivity index (χ0n) is 44.2. The van der Waals surface area contributed by atoms with Gasteiger partial charge in [0.25, 0.3) is 23.3 Å². The van der Waals surface area contributed by atoms with Crippen LogP contribution < -0.4 is 31.9 Å². The molecule has 0 radical (unpaired) electrons. The highest BCUT2D eigenvalue weighted by atomic mass is 35.5. The normalized spacial score (nSPS) is 12.6. The summed E-state index contributed by atoms with van der Waals surface area (Å²) < 4.78 is 51.8. The van der Waals surface area contributed by atoms with Crippen molar-refractivity contribution < 1.29 is 76.5 Å². The minimum Gasteiger partial charge on any atom is -0.493 e. The maximum absolute atomic E-state index is 13.2. The molecule has 2 heterocycles. The van der Waals surface area contributed by atoms with Gasteiger partial charge in [0.15, 0.2) is 0 Å². The largest absolute Gasteiger partial charge is 0.493 e. The molecule has 5 amide bonds. The Labute approximate surface area is 461 Å². The Hall–Kier alpha value is -6.06. The van der Waals surface area contributed by atoms with Crippen LogP contribution in [0.4, 0.5) is 0 Å². The monoisotopic (exact) mass is 1140 g/mol. The Morgan fingerprint density at radius 3 is 1.56 bits per heavy atom.